The van der Waals surface area contributed by atoms with Gasteiger partial charge < -0.3 is 9.84 Å². The number of carboxylic acid groups (broad SMARTS) is 1. The van der Waals surface area contributed by atoms with E-state index in [-0.39, 0.29) is 5.57 Å². The molecule has 3 heteroatoms. The molecule has 0 aromatic heterocycles. The lowest BCUT2D eigenvalue weighted by Crippen LogP contribution is -2.07. The van der Waals surface area contributed by atoms with Crippen LogP contribution in [0.4, 0.5) is 0 Å². The molecule has 1 atom stereocenters. The number of hydrogen-bond acceptors (Lipinski definition) is 2. The summed E-state index contributed by atoms with van der Waals surface area (Å²) in [5.41, 5.74) is 0.250. The summed E-state index contributed by atoms with van der Waals surface area (Å²) < 4.78 is 5.26. The van der Waals surface area contributed by atoms with E-state index in [0.29, 0.717) is 12.5 Å². The lowest BCUT2D eigenvalue weighted by molar-refractivity contribution is -0.132. The molecule has 0 aromatic rings. The van der Waals surface area contributed by atoms with Crippen LogP contribution >= 0.6 is 0 Å². The maximum atomic E-state index is 10.5. The predicted octanol–water partition coefficient (Wildman–Crippen LogP) is 3.21. The van der Waals surface area contributed by atoms with Gasteiger partial charge in [0.25, 0.3) is 0 Å². The Balaban J connectivity index is 3.80. The molecule has 0 aliphatic rings. The Labute approximate surface area is 92.1 Å². The third-order valence-electron chi connectivity index (χ3n) is 2.47. The number of rotatable bonds is 8. The first-order valence-electron chi connectivity index (χ1n) is 5.63. The average molecular weight is 214 g/mol. The largest absolute Gasteiger partial charge is 0.500 e. The fourth-order valence-corrected chi connectivity index (χ4v) is 1.26. The smallest absolute Gasteiger partial charge is 0.334 e. The second-order valence-corrected chi connectivity index (χ2v) is 3.86. The molecule has 15 heavy (non-hydrogen) atoms. The van der Waals surface area contributed by atoms with E-state index in [0.717, 1.165) is 12.8 Å². The van der Waals surface area contributed by atoms with Gasteiger partial charge in [-0.2, -0.15) is 0 Å². The molecule has 0 radical (unpaired) electrons. The van der Waals surface area contributed by atoms with E-state index in [9.17, 15) is 4.79 Å². The van der Waals surface area contributed by atoms with Crippen molar-refractivity contribution < 1.29 is 14.6 Å². The molecule has 0 heterocycles. The Kier molecular flexibility index (Phi) is 7.78. The molecule has 0 amide bonds. The quantitative estimate of drug-likeness (QED) is 0.498. The zero-order valence-corrected chi connectivity index (χ0v) is 9.95. The van der Waals surface area contributed by atoms with Gasteiger partial charge in [0.2, 0.25) is 0 Å². The van der Waals surface area contributed by atoms with E-state index in [1.165, 1.54) is 26.0 Å². The number of hydrogen-bond donors (Lipinski definition) is 1. The monoisotopic (exact) mass is 214 g/mol. The molecular weight excluding hydrogens is 192 g/mol. The highest BCUT2D eigenvalue weighted by atomic mass is 16.5. The van der Waals surface area contributed by atoms with E-state index in [4.69, 9.17) is 9.84 Å². The SMILES string of the molecule is CCCCC(CC)COC=C(C)C(=O)O. The van der Waals surface area contributed by atoms with Crippen molar-refractivity contribution in [2.75, 3.05) is 6.61 Å². The summed E-state index contributed by atoms with van der Waals surface area (Å²) in [5, 5.41) is 8.60. The number of carboxylic acids is 1. The number of ether oxygens (including phenoxy) is 1. The second kappa shape index (κ2) is 8.33. The third kappa shape index (κ3) is 7.00. The van der Waals surface area contributed by atoms with Crippen molar-refractivity contribution in [3.8, 4) is 0 Å². The summed E-state index contributed by atoms with van der Waals surface area (Å²) in [5.74, 6) is -0.376. The first-order valence-corrected chi connectivity index (χ1v) is 5.63. The van der Waals surface area contributed by atoms with E-state index in [1.807, 2.05) is 0 Å². The summed E-state index contributed by atoms with van der Waals surface area (Å²) in [4.78, 5) is 10.5. The maximum absolute atomic E-state index is 10.5. The summed E-state index contributed by atoms with van der Waals surface area (Å²) in [6.45, 7) is 6.47. The van der Waals surface area contributed by atoms with Gasteiger partial charge in [0.1, 0.15) is 0 Å². The van der Waals surface area contributed by atoms with Crippen molar-refractivity contribution >= 4 is 5.97 Å². The molecule has 0 spiro atoms. The van der Waals surface area contributed by atoms with Crippen LogP contribution < -0.4 is 0 Å². The van der Waals surface area contributed by atoms with Crippen molar-refractivity contribution in [2.45, 2.75) is 46.5 Å². The van der Waals surface area contributed by atoms with Gasteiger partial charge in [0.15, 0.2) is 0 Å². The standard InChI is InChI=1S/C12H22O3/c1-4-6-7-11(5-2)9-15-8-10(3)12(13)14/h8,11H,4-7,9H2,1-3H3,(H,13,14). The van der Waals surface area contributed by atoms with Crippen LogP contribution in [0.1, 0.15) is 46.5 Å². The number of carbonyl (C=O) groups is 1. The Bertz CT molecular complexity index is 209. The summed E-state index contributed by atoms with van der Waals surface area (Å²) in [6, 6.07) is 0. The van der Waals surface area contributed by atoms with Gasteiger partial charge in [0, 0.05) is 0 Å². The Hall–Kier alpha value is -0.990. The zero-order chi connectivity index (χ0) is 11.7. The van der Waals surface area contributed by atoms with Gasteiger partial charge in [-0.05, 0) is 19.3 Å². The molecule has 0 aliphatic carbocycles. The van der Waals surface area contributed by atoms with Gasteiger partial charge in [-0.15, -0.1) is 0 Å². The Morgan fingerprint density at radius 1 is 1.47 bits per heavy atom. The fraction of sp³-hybridized carbons (Fsp3) is 0.750. The van der Waals surface area contributed by atoms with E-state index in [1.54, 1.807) is 0 Å². The van der Waals surface area contributed by atoms with E-state index >= 15 is 0 Å². The molecular formula is C12H22O3. The topological polar surface area (TPSA) is 46.5 Å². The molecule has 3 nitrogen and oxygen atoms in total. The highest BCUT2D eigenvalue weighted by molar-refractivity contribution is 5.85. The maximum Gasteiger partial charge on any atom is 0.334 e. The van der Waals surface area contributed by atoms with Crippen LogP contribution in [0.3, 0.4) is 0 Å². The van der Waals surface area contributed by atoms with Crippen LogP contribution in [0, 0.1) is 5.92 Å². The van der Waals surface area contributed by atoms with Gasteiger partial charge >= 0.3 is 5.97 Å². The Morgan fingerprint density at radius 2 is 2.13 bits per heavy atom. The van der Waals surface area contributed by atoms with Gasteiger partial charge in [-0.1, -0.05) is 33.1 Å². The van der Waals surface area contributed by atoms with Crippen LogP contribution in [0.2, 0.25) is 0 Å². The lowest BCUT2D eigenvalue weighted by Gasteiger charge is -2.13. The van der Waals surface area contributed by atoms with E-state index < -0.39 is 5.97 Å². The minimum absolute atomic E-state index is 0.250. The zero-order valence-electron chi connectivity index (χ0n) is 9.95. The molecule has 0 rings (SSSR count). The molecule has 88 valence electrons. The molecule has 0 aromatic carbocycles. The lowest BCUT2D eigenvalue weighted by atomic mass is 10.0. The summed E-state index contributed by atoms with van der Waals surface area (Å²) in [6.07, 6.45) is 5.99. The fourth-order valence-electron chi connectivity index (χ4n) is 1.26. The van der Waals surface area contributed by atoms with Crippen molar-refractivity contribution in [3.63, 3.8) is 0 Å². The first-order chi connectivity index (χ1) is 7.11. The number of unbranched alkanes of at least 4 members (excludes halogenated alkanes) is 1. The van der Waals surface area contributed by atoms with Crippen LogP contribution in [-0.2, 0) is 9.53 Å². The molecule has 0 aliphatic heterocycles. The van der Waals surface area contributed by atoms with E-state index in [2.05, 4.69) is 13.8 Å². The minimum atomic E-state index is -0.920. The van der Waals surface area contributed by atoms with Crippen molar-refractivity contribution in [1.29, 1.82) is 0 Å². The van der Waals surface area contributed by atoms with Gasteiger partial charge in [-0.25, -0.2) is 4.79 Å². The molecule has 0 fully saturated rings. The van der Waals surface area contributed by atoms with Gasteiger partial charge in [0.05, 0.1) is 18.4 Å². The Morgan fingerprint density at radius 3 is 2.60 bits per heavy atom. The predicted molar refractivity (Wildman–Crippen MR) is 60.7 cm³/mol. The second-order valence-electron chi connectivity index (χ2n) is 3.86. The van der Waals surface area contributed by atoms with Crippen molar-refractivity contribution in [3.05, 3.63) is 11.8 Å². The van der Waals surface area contributed by atoms with Crippen LogP contribution in [-0.4, -0.2) is 17.7 Å². The minimum Gasteiger partial charge on any atom is -0.500 e. The first kappa shape index (κ1) is 14.0. The average Bonchev–Trinajstić information content (AvgIpc) is 2.22. The third-order valence-corrected chi connectivity index (χ3v) is 2.47. The van der Waals surface area contributed by atoms with Crippen LogP contribution in [0.15, 0.2) is 11.8 Å². The normalized spacial score (nSPS) is 13.7. The van der Waals surface area contributed by atoms with Crippen molar-refractivity contribution in [1.82, 2.24) is 0 Å². The van der Waals surface area contributed by atoms with Crippen LogP contribution in [0.5, 0.6) is 0 Å². The molecule has 0 saturated carbocycles. The number of aliphatic carboxylic acids is 1. The molecule has 0 bridgehead atoms. The summed E-state index contributed by atoms with van der Waals surface area (Å²) in [7, 11) is 0. The highest BCUT2D eigenvalue weighted by Crippen LogP contribution is 2.13. The van der Waals surface area contributed by atoms with Crippen LogP contribution in [0.25, 0.3) is 0 Å². The molecule has 1 unspecified atom stereocenters. The molecule has 0 saturated heterocycles. The molecule has 1 N–H and O–H groups in total. The summed E-state index contributed by atoms with van der Waals surface area (Å²) >= 11 is 0. The highest BCUT2D eigenvalue weighted by Gasteiger charge is 2.06. The van der Waals surface area contributed by atoms with Crippen molar-refractivity contribution in [2.24, 2.45) is 5.92 Å². The van der Waals surface area contributed by atoms with Gasteiger partial charge in [-0.3, -0.25) is 0 Å².